The summed E-state index contributed by atoms with van der Waals surface area (Å²) < 4.78 is 28.8. The molecule has 0 aliphatic heterocycles. The molecule has 0 atom stereocenters. The summed E-state index contributed by atoms with van der Waals surface area (Å²) in [4.78, 5) is 8.78. The Bertz CT molecular complexity index is 814. The van der Waals surface area contributed by atoms with Crippen molar-refractivity contribution < 1.29 is 8.78 Å². The maximum absolute atomic E-state index is 14.1. The van der Waals surface area contributed by atoms with E-state index in [2.05, 4.69) is 9.97 Å². The lowest BCUT2D eigenvalue weighted by Crippen LogP contribution is -2.05. The Kier molecular flexibility index (Phi) is 3.59. The molecule has 108 valence electrons. The van der Waals surface area contributed by atoms with Gasteiger partial charge in [-0.3, -0.25) is 4.57 Å². The minimum atomic E-state index is -0.659. The standard InChI is InChI=1S/C15H12ClF2N3/c1-9-5-7-19-15-14(9)20-13(4-6-16)21(15)12-3-2-10(17)8-11(12)18/h2-3,5,7-8H,4,6H2,1H3. The van der Waals surface area contributed by atoms with Gasteiger partial charge >= 0.3 is 0 Å². The Morgan fingerprint density at radius 2 is 2.05 bits per heavy atom. The molecule has 1 aromatic carbocycles. The van der Waals surface area contributed by atoms with Crippen molar-refractivity contribution in [3.63, 3.8) is 0 Å². The highest BCUT2D eigenvalue weighted by atomic mass is 35.5. The summed E-state index contributed by atoms with van der Waals surface area (Å²) in [5, 5.41) is 0. The van der Waals surface area contributed by atoms with E-state index in [1.54, 1.807) is 10.8 Å². The molecule has 0 fully saturated rings. The zero-order valence-corrected chi connectivity index (χ0v) is 12.0. The van der Waals surface area contributed by atoms with Gasteiger partial charge in [0.05, 0.1) is 5.69 Å². The highest BCUT2D eigenvalue weighted by Crippen LogP contribution is 2.24. The average Bonchev–Trinajstić information content (AvgIpc) is 2.79. The van der Waals surface area contributed by atoms with E-state index in [9.17, 15) is 8.78 Å². The predicted molar refractivity (Wildman–Crippen MR) is 77.9 cm³/mol. The summed E-state index contributed by atoms with van der Waals surface area (Å²) in [5.74, 6) is -0.324. The molecule has 21 heavy (non-hydrogen) atoms. The second-order valence-corrected chi connectivity index (χ2v) is 5.08. The first kappa shape index (κ1) is 13.9. The molecule has 0 saturated carbocycles. The average molecular weight is 308 g/mol. The molecule has 2 aromatic heterocycles. The van der Waals surface area contributed by atoms with E-state index in [-0.39, 0.29) is 5.69 Å². The first-order valence-corrected chi connectivity index (χ1v) is 6.99. The summed E-state index contributed by atoms with van der Waals surface area (Å²) in [6.07, 6.45) is 2.11. The highest BCUT2D eigenvalue weighted by Gasteiger charge is 2.17. The molecule has 0 aliphatic rings. The maximum atomic E-state index is 14.1. The largest absolute Gasteiger partial charge is 0.278 e. The van der Waals surface area contributed by atoms with Crippen LogP contribution in [0.15, 0.2) is 30.5 Å². The Morgan fingerprint density at radius 3 is 2.76 bits per heavy atom. The van der Waals surface area contributed by atoms with Crippen LogP contribution in [0.4, 0.5) is 8.78 Å². The fraction of sp³-hybridized carbons (Fsp3) is 0.200. The van der Waals surface area contributed by atoms with Crippen LogP contribution in [-0.4, -0.2) is 20.4 Å². The molecule has 0 spiro atoms. The van der Waals surface area contributed by atoms with Crippen LogP contribution in [-0.2, 0) is 6.42 Å². The molecule has 6 heteroatoms. The van der Waals surface area contributed by atoms with Gasteiger partial charge in [0, 0.05) is 24.6 Å². The van der Waals surface area contributed by atoms with Crippen molar-refractivity contribution in [3.8, 4) is 5.69 Å². The van der Waals surface area contributed by atoms with Crippen LogP contribution < -0.4 is 0 Å². The van der Waals surface area contributed by atoms with Gasteiger partial charge < -0.3 is 0 Å². The lowest BCUT2D eigenvalue weighted by atomic mass is 10.2. The van der Waals surface area contributed by atoms with Gasteiger partial charge in [0.25, 0.3) is 0 Å². The fourth-order valence-corrected chi connectivity index (χ4v) is 2.48. The molecule has 0 bridgehead atoms. The van der Waals surface area contributed by atoms with E-state index in [1.807, 2.05) is 13.0 Å². The molecular formula is C15H12ClF2N3. The Labute approximate surface area is 125 Å². The first-order chi connectivity index (χ1) is 10.1. The number of benzene rings is 1. The quantitative estimate of drug-likeness (QED) is 0.689. The molecule has 2 heterocycles. The van der Waals surface area contributed by atoms with Crippen molar-refractivity contribution in [2.45, 2.75) is 13.3 Å². The van der Waals surface area contributed by atoms with Crippen LogP contribution in [0.25, 0.3) is 16.9 Å². The van der Waals surface area contributed by atoms with Gasteiger partial charge in [0.2, 0.25) is 0 Å². The van der Waals surface area contributed by atoms with E-state index in [1.165, 1.54) is 12.1 Å². The summed E-state index contributed by atoms with van der Waals surface area (Å²) in [6.45, 7) is 1.91. The van der Waals surface area contributed by atoms with Crippen molar-refractivity contribution in [2.24, 2.45) is 0 Å². The summed E-state index contributed by atoms with van der Waals surface area (Å²) in [5.41, 5.74) is 2.40. The van der Waals surface area contributed by atoms with Crippen molar-refractivity contribution in [1.82, 2.24) is 14.5 Å². The van der Waals surface area contributed by atoms with E-state index in [4.69, 9.17) is 11.6 Å². The number of imidazole rings is 1. The lowest BCUT2D eigenvalue weighted by Gasteiger charge is -2.09. The molecule has 0 saturated heterocycles. The topological polar surface area (TPSA) is 30.7 Å². The molecule has 0 amide bonds. The second-order valence-electron chi connectivity index (χ2n) is 4.70. The van der Waals surface area contributed by atoms with Crippen LogP contribution in [0.5, 0.6) is 0 Å². The van der Waals surface area contributed by atoms with Gasteiger partial charge in [0.1, 0.15) is 23.0 Å². The zero-order valence-electron chi connectivity index (χ0n) is 11.3. The Hall–Kier alpha value is -2.01. The molecule has 3 aromatic rings. The van der Waals surface area contributed by atoms with Crippen LogP contribution in [0, 0.1) is 18.6 Å². The number of pyridine rings is 1. The molecule has 3 rings (SSSR count). The molecule has 0 N–H and O–H groups in total. The third-order valence-corrected chi connectivity index (χ3v) is 3.48. The van der Waals surface area contributed by atoms with E-state index >= 15 is 0 Å². The third kappa shape index (κ3) is 2.38. The summed E-state index contributed by atoms with van der Waals surface area (Å²) in [7, 11) is 0. The monoisotopic (exact) mass is 307 g/mol. The van der Waals surface area contributed by atoms with E-state index < -0.39 is 11.6 Å². The Morgan fingerprint density at radius 1 is 1.24 bits per heavy atom. The van der Waals surface area contributed by atoms with Gasteiger partial charge in [-0.15, -0.1) is 11.6 Å². The van der Waals surface area contributed by atoms with E-state index in [0.717, 1.165) is 11.6 Å². The van der Waals surface area contributed by atoms with Crippen LogP contribution in [0.1, 0.15) is 11.4 Å². The number of halogens is 3. The third-order valence-electron chi connectivity index (χ3n) is 3.29. The van der Waals surface area contributed by atoms with Gasteiger partial charge in [-0.25, -0.2) is 18.7 Å². The molecule has 3 nitrogen and oxygen atoms in total. The summed E-state index contributed by atoms with van der Waals surface area (Å²) in [6, 6.07) is 5.28. The second kappa shape index (κ2) is 5.41. The smallest absolute Gasteiger partial charge is 0.165 e. The zero-order chi connectivity index (χ0) is 15.0. The normalized spacial score (nSPS) is 11.2. The number of hydrogen-bond acceptors (Lipinski definition) is 2. The maximum Gasteiger partial charge on any atom is 0.165 e. The van der Waals surface area contributed by atoms with Crippen molar-refractivity contribution in [3.05, 3.63) is 53.5 Å². The van der Waals surface area contributed by atoms with Crippen molar-refractivity contribution in [2.75, 3.05) is 5.88 Å². The lowest BCUT2D eigenvalue weighted by molar-refractivity contribution is 0.577. The number of alkyl halides is 1. The number of aryl methyl sites for hydroxylation is 2. The fourth-order valence-electron chi connectivity index (χ4n) is 2.31. The molecule has 0 aliphatic carbocycles. The SMILES string of the molecule is Cc1ccnc2c1nc(CCCl)n2-c1ccc(F)cc1F. The first-order valence-electron chi connectivity index (χ1n) is 6.46. The van der Waals surface area contributed by atoms with E-state index in [0.29, 0.717) is 29.3 Å². The van der Waals surface area contributed by atoms with Crippen LogP contribution in [0.3, 0.4) is 0 Å². The number of nitrogens with zero attached hydrogens (tertiary/aromatic N) is 3. The van der Waals surface area contributed by atoms with Crippen molar-refractivity contribution in [1.29, 1.82) is 0 Å². The number of fused-ring (bicyclic) bond motifs is 1. The molecule has 0 radical (unpaired) electrons. The summed E-state index contributed by atoms with van der Waals surface area (Å²) >= 11 is 5.80. The van der Waals surface area contributed by atoms with Gasteiger partial charge in [-0.1, -0.05) is 0 Å². The number of rotatable bonds is 3. The van der Waals surface area contributed by atoms with Crippen LogP contribution >= 0.6 is 11.6 Å². The highest BCUT2D eigenvalue weighted by molar-refractivity contribution is 6.17. The minimum absolute atomic E-state index is 0.220. The molecular weight excluding hydrogens is 296 g/mol. The van der Waals surface area contributed by atoms with Gasteiger partial charge in [-0.2, -0.15) is 0 Å². The van der Waals surface area contributed by atoms with Gasteiger partial charge in [0.15, 0.2) is 5.65 Å². The van der Waals surface area contributed by atoms with Gasteiger partial charge in [-0.05, 0) is 30.7 Å². The number of hydrogen-bond donors (Lipinski definition) is 0. The van der Waals surface area contributed by atoms with Crippen molar-refractivity contribution >= 4 is 22.8 Å². The van der Waals surface area contributed by atoms with Crippen LogP contribution in [0.2, 0.25) is 0 Å². The predicted octanol–water partition coefficient (Wildman–Crippen LogP) is 3.79. The number of aromatic nitrogens is 3. The minimum Gasteiger partial charge on any atom is -0.278 e. The Balaban J connectivity index is 2.33. The molecule has 0 unspecified atom stereocenters.